The van der Waals surface area contributed by atoms with E-state index in [0.717, 1.165) is 30.9 Å². The molecule has 0 aliphatic carbocycles. The molecule has 2 saturated heterocycles. The van der Waals surface area contributed by atoms with Crippen LogP contribution < -0.4 is 4.74 Å². The number of hydrogen-bond acceptors (Lipinski definition) is 8. The molecule has 3 aliphatic heterocycles. The number of amides is 1. The number of Topliss-reactive ketones (excluding diaryl/α,β-unsaturated/α-hetero) is 1. The van der Waals surface area contributed by atoms with Crippen LogP contribution >= 0.6 is 0 Å². The van der Waals surface area contributed by atoms with Crippen molar-refractivity contribution in [3.63, 3.8) is 0 Å². The summed E-state index contributed by atoms with van der Waals surface area (Å²) in [6, 6.07) is 10.1. The number of nitrogens with zero attached hydrogens (tertiary/aromatic N) is 3. The van der Waals surface area contributed by atoms with Crippen molar-refractivity contribution in [1.82, 2.24) is 9.80 Å². The summed E-state index contributed by atoms with van der Waals surface area (Å²) in [4.78, 5) is 40.9. The molecule has 10 nitrogen and oxygen atoms in total. The second kappa shape index (κ2) is 10.3. The zero-order valence-corrected chi connectivity index (χ0v) is 20.6. The first-order chi connectivity index (χ1) is 17.8. The fraction of sp³-hybridized carbons (Fsp3) is 0.407. The molecule has 3 heterocycles. The highest BCUT2D eigenvalue weighted by atomic mass is 16.6. The Balaban J connectivity index is 1.49. The largest absolute Gasteiger partial charge is 0.507 e. The number of likely N-dealkylation sites (tertiary alicyclic amines) is 1. The second-order valence-corrected chi connectivity index (χ2v) is 9.60. The van der Waals surface area contributed by atoms with E-state index in [1.165, 1.54) is 29.2 Å². The number of aliphatic hydroxyl groups excluding tert-OH is 1. The summed E-state index contributed by atoms with van der Waals surface area (Å²) in [6.45, 7) is 5.95. The maximum atomic E-state index is 13.3. The zero-order chi connectivity index (χ0) is 26.1. The fourth-order valence-corrected chi connectivity index (χ4v) is 5.25. The molecule has 0 bridgehead atoms. The molecule has 0 spiro atoms. The molecule has 10 heteroatoms. The van der Waals surface area contributed by atoms with Crippen LogP contribution in [0.3, 0.4) is 0 Å². The molecule has 0 saturated carbocycles. The monoisotopic (exact) mass is 507 g/mol. The molecule has 194 valence electrons. The van der Waals surface area contributed by atoms with Gasteiger partial charge in [-0.3, -0.25) is 24.6 Å². The van der Waals surface area contributed by atoms with Crippen LogP contribution in [0, 0.1) is 10.1 Å². The summed E-state index contributed by atoms with van der Waals surface area (Å²) in [5, 5.41) is 22.5. The normalized spacial score (nSPS) is 23.2. The van der Waals surface area contributed by atoms with Crippen LogP contribution in [0.15, 0.2) is 48.0 Å². The van der Waals surface area contributed by atoms with Crippen molar-refractivity contribution >= 4 is 23.1 Å². The van der Waals surface area contributed by atoms with Gasteiger partial charge in [-0.25, -0.2) is 0 Å². The third-order valence-corrected chi connectivity index (χ3v) is 7.11. The number of carbonyl (C=O) groups is 2. The highest BCUT2D eigenvalue weighted by Gasteiger charge is 2.46. The Bertz CT molecular complexity index is 1250. The lowest BCUT2D eigenvalue weighted by Gasteiger charge is -2.29. The van der Waals surface area contributed by atoms with Gasteiger partial charge in [0.05, 0.1) is 29.8 Å². The Hall–Kier alpha value is -3.76. The number of ether oxygens (including phenoxy) is 2. The summed E-state index contributed by atoms with van der Waals surface area (Å²) < 4.78 is 11.1. The standard InChI is InChI=1S/C27H29N3O7/c1-17-15-20-16-19(5-8-22(20)37-17)25(31)23-24(18-3-6-21(7-4-18)30(34)35)29(27(33)26(23)32)10-2-9-28-11-13-36-14-12-28/h3-8,16-17,24,31H,2,9-15H2,1H3/b25-23+. The Morgan fingerprint density at radius 2 is 1.84 bits per heavy atom. The van der Waals surface area contributed by atoms with Crippen LogP contribution in [0.5, 0.6) is 5.75 Å². The van der Waals surface area contributed by atoms with Crippen molar-refractivity contribution in [2.45, 2.75) is 31.9 Å². The number of carbonyl (C=O) groups excluding carboxylic acids is 2. The first kappa shape index (κ1) is 24.9. The average Bonchev–Trinajstić information content (AvgIpc) is 3.40. The second-order valence-electron chi connectivity index (χ2n) is 9.60. The van der Waals surface area contributed by atoms with Crippen LogP contribution in [-0.2, 0) is 20.7 Å². The zero-order valence-electron chi connectivity index (χ0n) is 20.6. The van der Waals surface area contributed by atoms with Crippen LogP contribution in [-0.4, -0.2) is 77.0 Å². The van der Waals surface area contributed by atoms with Crippen molar-refractivity contribution in [3.05, 3.63) is 74.8 Å². The summed E-state index contributed by atoms with van der Waals surface area (Å²) in [7, 11) is 0. The number of non-ortho nitro benzene ring substituents is 1. The first-order valence-electron chi connectivity index (χ1n) is 12.5. The lowest BCUT2D eigenvalue weighted by atomic mass is 9.94. The van der Waals surface area contributed by atoms with Crippen molar-refractivity contribution < 1.29 is 29.1 Å². The predicted molar refractivity (Wildman–Crippen MR) is 134 cm³/mol. The number of ketones is 1. The minimum absolute atomic E-state index is 0.0165. The highest BCUT2D eigenvalue weighted by Crippen LogP contribution is 2.41. The Morgan fingerprint density at radius 1 is 1.11 bits per heavy atom. The lowest BCUT2D eigenvalue weighted by Crippen LogP contribution is -2.38. The predicted octanol–water partition coefficient (Wildman–Crippen LogP) is 3.06. The van der Waals surface area contributed by atoms with Crippen molar-refractivity contribution in [2.75, 3.05) is 39.4 Å². The van der Waals surface area contributed by atoms with Gasteiger partial charge in [-0.05, 0) is 54.8 Å². The Labute approximate surface area is 214 Å². The molecule has 1 N–H and O–H groups in total. The maximum absolute atomic E-state index is 13.3. The summed E-state index contributed by atoms with van der Waals surface area (Å²) in [5.41, 5.74) is 1.76. The van der Waals surface area contributed by atoms with Gasteiger partial charge in [-0.1, -0.05) is 0 Å². The molecule has 37 heavy (non-hydrogen) atoms. The topological polar surface area (TPSA) is 122 Å². The van der Waals surface area contributed by atoms with E-state index in [0.29, 0.717) is 43.7 Å². The average molecular weight is 508 g/mol. The third kappa shape index (κ3) is 4.94. The van der Waals surface area contributed by atoms with Gasteiger partial charge in [-0.15, -0.1) is 0 Å². The van der Waals surface area contributed by atoms with E-state index in [2.05, 4.69) is 4.90 Å². The number of morpholine rings is 1. The van der Waals surface area contributed by atoms with Gasteiger partial charge in [0.1, 0.15) is 17.6 Å². The minimum Gasteiger partial charge on any atom is -0.507 e. The maximum Gasteiger partial charge on any atom is 0.295 e. The molecule has 2 fully saturated rings. The number of hydrogen-bond donors (Lipinski definition) is 1. The summed E-state index contributed by atoms with van der Waals surface area (Å²) >= 11 is 0. The summed E-state index contributed by atoms with van der Waals surface area (Å²) in [5.74, 6) is -0.985. The van der Waals surface area contributed by atoms with E-state index < -0.39 is 22.7 Å². The molecule has 3 aliphatic rings. The molecule has 2 aromatic carbocycles. The summed E-state index contributed by atoms with van der Waals surface area (Å²) in [6.07, 6.45) is 1.33. The van der Waals surface area contributed by atoms with Gasteiger partial charge in [-0.2, -0.15) is 0 Å². The number of nitro benzene ring substituents is 1. The molecule has 2 aromatic rings. The van der Waals surface area contributed by atoms with Crippen LogP contribution in [0.4, 0.5) is 5.69 Å². The van der Waals surface area contributed by atoms with Gasteiger partial charge >= 0.3 is 0 Å². The smallest absolute Gasteiger partial charge is 0.295 e. The van der Waals surface area contributed by atoms with Crippen molar-refractivity contribution in [2.24, 2.45) is 0 Å². The SMILES string of the molecule is CC1Cc2cc(/C(O)=C3\C(=O)C(=O)N(CCCN4CCOCC4)C3c3ccc([N+](=O)[O-])cc3)ccc2O1. The Morgan fingerprint density at radius 3 is 2.54 bits per heavy atom. The minimum atomic E-state index is -0.853. The third-order valence-electron chi connectivity index (χ3n) is 7.11. The first-order valence-corrected chi connectivity index (χ1v) is 12.5. The molecule has 2 atom stereocenters. The van der Waals surface area contributed by atoms with E-state index in [9.17, 15) is 24.8 Å². The van der Waals surface area contributed by atoms with E-state index >= 15 is 0 Å². The van der Waals surface area contributed by atoms with Gasteiger partial charge in [0, 0.05) is 50.3 Å². The number of aliphatic hydroxyl groups is 1. The number of benzene rings is 2. The van der Waals surface area contributed by atoms with E-state index in [1.807, 2.05) is 6.92 Å². The molecule has 1 amide bonds. The molecule has 0 aromatic heterocycles. The van der Waals surface area contributed by atoms with Crippen LogP contribution in [0.1, 0.15) is 36.1 Å². The van der Waals surface area contributed by atoms with E-state index in [4.69, 9.17) is 9.47 Å². The fourth-order valence-electron chi connectivity index (χ4n) is 5.25. The molecule has 5 rings (SSSR count). The van der Waals surface area contributed by atoms with Gasteiger partial charge < -0.3 is 19.5 Å². The quantitative estimate of drug-likeness (QED) is 0.200. The van der Waals surface area contributed by atoms with Gasteiger partial charge in [0.25, 0.3) is 17.4 Å². The molecular formula is C27H29N3O7. The lowest BCUT2D eigenvalue weighted by molar-refractivity contribution is -0.384. The highest BCUT2D eigenvalue weighted by molar-refractivity contribution is 6.46. The van der Waals surface area contributed by atoms with E-state index in [-0.39, 0.29) is 23.1 Å². The van der Waals surface area contributed by atoms with Crippen molar-refractivity contribution in [3.8, 4) is 5.75 Å². The van der Waals surface area contributed by atoms with Gasteiger partial charge in [0.2, 0.25) is 0 Å². The molecular weight excluding hydrogens is 478 g/mol. The van der Waals surface area contributed by atoms with Crippen LogP contribution in [0.2, 0.25) is 0 Å². The van der Waals surface area contributed by atoms with E-state index in [1.54, 1.807) is 18.2 Å². The van der Waals surface area contributed by atoms with Crippen LogP contribution in [0.25, 0.3) is 5.76 Å². The molecule has 0 radical (unpaired) electrons. The number of fused-ring (bicyclic) bond motifs is 1. The molecule has 2 unspecified atom stereocenters. The number of rotatable bonds is 7. The van der Waals surface area contributed by atoms with Crippen molar-refractivity contribution in [1.29, 1.82) is 0 Å². The number of nitro groups is 1. The van der Waals surface area contributed by atoms with Gasteiger partial charge in [0.15, 0.2) is 0 Å². The Kier molecular flexibility index (Phi) is 6.94.